The summed E-state index contributed by atoms with van der Waals surface area (Å²) in [5.74, 6) is -1.04. The lowest BCUT2D eigenvalue weighted by Crippen LogP contribution is -2.49. The molecule has 1 heterocycles. The molecule has 0 radical (unpaired) electrons. The Bertz CT molecular complexity index is 570. The van der Waals surface area contributed by atoms with Crippen LogP contribution in [-0.2, 0) is 4.79 Å². The van der Waals surface area contributed by atoms with Crippen LogP contribution in [0.2, 0.25) is 0 Å². The Hall–Kier alpha value is -2.57. The largest absolute Gasteiger partial charge is 0.492 e. The normalized spacial score (nSPS) is 14.9. The van der Waals surface area contributed by atoms with Gasteiger partial charge in [0.15, 0.2) is 0 Å². The van der Waals surface area contributed by atoms with Crippen molar-refractivity contribution < 1.29 is 24.2 Å². The van der Waals surface area contributed by atoms with Gasteiger partial charge in [-0.15, -0.1) is 0 Å². The van der Waals surface area contributed by atoms with E-state index in [1.54, 1.807) is 6.92 Å². The monoisotopic (exact) mass is 278 g/mol. The standard InChI is InChI=1S/C13H14N2O5/c1-2-20-10-4-3-8(12(17)18)7-9(10)15-6-5-11(16)14-13(15)19/h3-4,7H,2,5-6H2,1H3,(H,17,18)(H,14,16,19). The minimum atomic E-state index is -1.09. The average Bonchev–Trinajstić information content (AvgIpc) is 2.40. The number of carboxylic acids is 1. The first-order chi connectivity index (χ1) is 9.52. The number of carboxylic acid groups (broad SMARTS) is 1. The molecule has 0 unspecified atom stereocenters. The van der Waals surface area contributed by atoms with E-state index in [4.69, 9.17) is 9.84 Å². The van der Waals surface area contributed by atoms with Gasteiger partial charge in [-0.1, -0.05) is 0 Å². The summed E-state index contributed by atoms with van der Waals surface area (Å²) in [4.78, 5) is 35.3. The van der Waals surface area contributed by atoms with Crippen molar-refractivity contribution in [1.29, 1.82) is 0 Å². The molecule has 7 heteroatoms. The second-order valence-corrected chi connectivity index (χ2v) is 4.18. The van der Waals surface area contributed by atoms with E-state index in [-0.39, 0.29) is 24.4 Å². The molecule has 1 aromatic carbocycles. The quantitative estimate of drug-likeness (QED) is 0.863. The first kappa shape index (κ1) is 13.9. The zero-order valence-corrected chi connectivity index (χ0v) is 10.9. The topological polar surface area (TPSA) is 95.9 Å². The molecule has 0 bridgehead atoms. The average molecular weight is 278 g/mol. The highest BCUT2D eigenvalue weighted by molar-refractivity contribution is 6.06. The van der Waals surface area contributed by atoms with Gasteiger partial charge in [0.2, 0.25) is 5.91 Å². The van der Waals surface area contributed by atoms with E-state index in [0.717, 1.165) is 0 Å². The Balaban J connectivity index is 2.41. The van der Waals surface area contributed by atoms with Crippen LogP contribution in [0.3, 0.4) is 0 Å². The number of carbonyl (C=O) groups is 3. The van der Waals surface area contributed by atoms with Crippen molar-refractivity contribution in [2.24, 2.45) is 0 Å². The second-order valence-electron chi connectivity index (χ2n) is 4.18. The van der Waals surface area contributed by atoms with Gasteiger partial charge in [-0.05, 0) is 25.1 Å². The number of urea groups is 1. The molecule has 1 saturated heterocycles. The molecule has 3 amide bonds. The van der Waals surface area contributed by atoms with Crippen LogP contribution < -0.4 is 15.0 Å². The molecule has 0 aliphatic carbocycles. The number of benzene rings is 1. The third-order valence-corrected chi connectivity index (χ3v) is 2.85. The molecule has 20 heavy (non-hydrogen) atoms. The molecule has 106 valence electrons. The second kappa shape index (κ2) is 5.60. The van der Waals surface area contributed by atoms with Crippen LogP contribution in [0.5, 0.6) is 5.75 Å². The molecule has 0 atom stereocenters. The Morgan fingerprint density at radius 1 is 1.45 bits per heavy atom. The minimum absolute atomic E-state index is 0.0492. The Kier molecular flexibility index (Phi) is 3.88. The predicted octanol–water partition coefficient (Wildman–Crippen LogP) is 1.23. The number of hydrogen-bond acceptors (Lipinski definition) is 4. The van der Waals surface area contributed by atoms with Gasteiger partial charge in [0, 0.05) is 13.0 Å². The highest BCUT2D eigenvalue weighted by atomic mass is 16.5. The van der Waals surface area contributed by atoms with E-state index in [9.17, 15) is 14.4 Å². The lowest BCUT2D eigenvalue weighted by Gasteiger charge is -2.28. The van der Waals surface area contributed by atoms with Gasteiger partial charge in [0.25, 0.3) is 0 Å². The van der Waals surface area contributed by atoms with E-state index in [2.05, 4.69) is 5.32 Å². The van der Waals surface area contributed by atoms with E-state index in [1.165, 1.54) is 23.1 Å². The molecule has 1 aliphatic rings. The maximum atomic E-state index is 11.8. The third-order valence-electron chi connectivity index (χ3n) is 2.85. The molecule has 2 rings (SSSR count). The van der Waals surface area contributed by atoms with Gasteiger partial charge in [-0.25, -0.2) is 9.59 Å². The molecule has 0 saturated carbocycles. The van der Waals surface area contributed by atoms with Crippen LogP contribution in [0.1, 0.15) is 23.7 Å². The minimum Gasteiger partial charge on any atom is -0.492 e. The number of carbonyl (C=O) groups excluding carboxylic acids is 2. The van der Waals surface area contributed by atoms with Gasteiger partial charge in [0.1, 0.15) is 5.75 Å². The van der Waals surface area contributed by atoms with Crippen molar-refractivity contribution in [1.82, 2.24) is 5.32 Å². The van der Waals surface area contributed by atoms with Crippen LogP contribution in [0, 0.1) is 0 Å². The Morgan fingerprint density at radius 2 is 2.20 bits per heavy atom. The first-order valence-corrected chi connectivity index (χ1v) is 6.14. The fourth-order valence-electron chi connectivity index (χ4n) is 1.93. The van der Waals surface area contributed by atoms with E-state index >= 15 is 0 Å². The van der Waals surface area contributed by atoms with Crippen LogP contribution in [-0.4, -0.2) is 36.2 Å². The Morgan fingerprint density at radius 3 is 2.80 bits per heavy atom. The molecule has 1 aliphatic heterocycles. The summed E-state index contributed by atoms with van der Waals surface area (Å²) < 4.78 is 5.40. The van der Waals surface area contributed by atoms with Gasteiger partial charge in [0.05, 0.1) is 17.9 Å². The molecule has 0 aromatic heterocycles. The predicted molar refractivity (Wildman–Crippen MR) is 70.1 cm³/mol. The van der Waals surface area contributed by atoms with Crippen molar-refractivity contribution in [3.05, 3.63) is 23.8 Å². The number of aromatic carboxylic acids is 1. The van der Waals surface area contributed by atoms with Crippen molar-refractivity contribution in [2.75, 3.05) is 18.1 Å². The van der Waals surface area contributed by atoms with Crippen LogP contribution in [0.15, 0.2) is 18.2 Å². The maximum Gasteiger partial charge on any atom is 0.335 e. The van der Waals surface area contributed by atoms with Gasteiger partial charge < -0.3 is 9.84 Å². The molecule has 1 aromatic rings. The number of nitrogens with zero attached hydrogens (tertiary/aromatic N) is 1. The third kappa shape index (κ3) is 2.71. The molecule has 1 fully saturated rings. The number of hydrogen-bond donors (Lipinski definition) is 2. The summed E-state index contributed by atoms with van der Waals surface area (Å²) in [5.41, 5.74) is 0.393. The summed E-state index contributed by atoms with van der Waals surface area (Å²) in [6, 6.07) is 3.70. The van der Waals surface area contributed by atoms with Crippen molar-refractivity contribution in [3.8, 4) is 5.75 Å². The van der Waals surface area contributed by atoms with Gasteiger partial charge in [-0.2, -0.15) is 0 Å². The zero-order valence-electron chi connectivity index (χ0n) is 10.9. The van der Waals surface area contributed by atoms with E-state index in [1.807, 2.05) is 0 Å². The van der Waals surface area contributed by atoms with Crippen molar-refractivity contribution >= 4 is 23.6 Å². The molecule has 2 N–H and O–H groups in total. The number of ether oxygens (including phenoxy) is 1. The number of nitrogens with one attached hydrogen (secondary N) is 1. The zero-order chi connectivity index (χ0) is 14.7. The van der Waals surface area contributed by atoms with Gasteiger partial charge >= 0.3 is 12.0 Å². The Labute approximate surface area is 115 Å². The molecular formula is C13H14N2O5. The highest BCUT2D eigenvalue weighted by Gasteiger charge is 2.27. The van der Waals surface area contributed by atoms with E-state index in [0.29, 0.717) is 18.0 Å². The fourth-order valence-corrected chi connectivity index (χ4v) is 1.93. The first-order valence-electron chi connectivity index (χ1n) is 6.14. The smallest absolute Gasteiger partial charge is 0.335 e. The van der Waals surface area contributed by atoms with Crippen LogP contribution >= 0.6 is 0 Å². The lowest BCUT2D eigenvalue weighted by atomic mass is 10.1. The maximum absolute atomic E-state index is 11.8. The summed E-state index contributed by atoms with van der Waals surface area (Å²) in [7, 11) is 0. The summed E-state index contributed by atoms with van der Waals surface area (Å²) in [6.07, 6.45) is 0.161. The van der Waals surface area contributed by atoms with Crippen LogP contribution in [0.4, 0.5) is 10.5 Å². The van der Waals surface area contributed by atoms with Crippen LogP contribution in [0.25, 0.3) is 0 Å². The SMILES string of the molecule is CCOc1ccc(C(=O)O)cc1N1CCC(=O)NC1=O. The number of amides is 3. The fraction of sp³-hybridized carbons (Fsp3) is 0.308. The van der Waals surface area contributed by atoms with Crippen molar-refractivity contribution in [2.45, 2.75) is 13.3 Å². The molecule has 0 spiro atoms. The van der Waals surface area contributed by atoms with Crippen molar-refractivity contribution in [3.63, 3.8) is 0 Å². The molecule has 7 nitrogen and oxygen atoms in total. The van der Waals surface area contributed by atoms with E-state index < -0.39 is 12.0 Å². The van der Waals surface area contributed by atoms with Gasteiger partial charge in [-0.3, -0.25) is 15.0 Å². The summed E-state index contributed by atoms with van der Waals surface area (Å²) >= 11 is 0. The summed E-state index contributed by atoms with van der Waals surface area (Å²) in [5, 5.41) is 11.2. The lowest BCUT2D eigenvalue weighted by molar-refractivity contribution is -0.120. The molecular weight excluding hydrogens is 264 g/mol. The highest BCUT2D eigenvalue weighted by Crippen LogP contribution is 2.31. The number of imide groups is 1. The number of rotatable bonds is 4. The summed E-state index contributed by atoms with van der Waals surface area (Å²) in [6.45, 7) is 2.36. The number of anilines is 1.